The smallest absolute Gasteiger partial charge is 0.343 e. The summed E-state index contributed by atoms with van der Waals surface area (Å²) in [5, 5.41) is 20.3. The normalized spacial score (nSPS) is 11.9. The molecule has 0 aliphatic heterocycles. The molecule has 0 fully saturated rings. The molecule has 0 unspecified atom stereocenters. The van der Waals surface area contributed by atoms with E-state index in [0.29, 0.717) is 33.4 Å². The highest BCUT2D eigenvalue weighted by Crippen LogP contribution is 2.34. The quantitative estimate of drug-likeness (QED) is 0.430. The first-order chi connectivity index (χ1) is 14.1. The van der Waals surface area contributed by atoms with Crippen LogP contribution in [0.3, 0.4) is 0 Å². The number of furan rings is 1. The van der Waals surface area contributed by atoms with Crippen LogP contribution < -0.4 is 10.5 Å². The zero-order valence-corrected chi connectivity index (χ0v) is 17.3. The molecule has 3 heterocycles. The number of aromatic hydroxyl groups is 2. The molecule has 4 aromatic rings. The van der Waals surface area contributed by atoms with Gasteiger partial charge in [-0.2, -0.15) is 0 Å². The molecule has 11 heteroatoms. The summed E-state index contributed by atoms with van der Waals surface area (Å²) in [4.78, 5) is 24.6. The molecule has 156 valence electrons. The Morgan fingerprint density at radius 1 is 1.07 bits per heavy atom. The number of rotatable bonds is 4. The monoisotopic (exact) mass is 449 g/mol. The van der Waals surface area contributed by atoms with Gasteiger partial charge in [0.15, 0.2) is 25.6 Å². The van der Waals surface area contributed by atoms with Gasteiger partial charge in [0.1, 0.15) is 11.3 Å². The summed E-state index contributed by atoms with van der Waals surface area (Å²) in [5.41, 5.74) is 0.565. The highest BCUT2D eigenvalue weighted by atomic mass is 32.2. The molecule has 0 aliphatic carbocycles. The van der Waals surface area contributed by atoms with Gasteiger partial charge in [-0.3, -0.25) is 9.78 Å². The zero-order valence-electron chi connectivity index (χ0n) is 15.7. The maximum atomic E-state index is 12.5. The molecule has 0 aliphatic rings. The third-order valence-corrected chi connectivity index (χ3v) is 7.74. The average molecular weight is 449 g/mol. The first-order valence-electron chi connectivity index (χ1n) is 8.58. The van der Waals surface area contributed by atoms with E-state index in [1.54, 1.807) is 25.1 Å². The molecule has 0 atom stereocenters. The lowest BCUT2D eigenvalue weighted by Gasteiger charge is -2.05. The molecule has 0 saturated heterocycles. The van der Waals surface area contributed by atoms with E-state index in [2.05, 4.69) is 0 Å². The van der Waals surface area contributed by atoms with Crippen molar-refractivity contribution in [2.75, 3.05) is 0 Å². The van der Waals surface area contributed by atoms with Crippen molar-refractivity contribution in [3.8, 4) is 23.1 Å². The molecule has 3 N–H and O–H groups in total. The number of hydrogen-bond acceptors (Lipinski definition) is 9. The van der Waals surface area contributed by atoms with E-state index < -0.39 is 36.2 Å². The predicted molar refractivity (Wildman–Crippen MR) is 109 cm³/mol. The van der Waals surface area contributed by atoms with Crippen LogP contribution in [0.4, 0.5) is 0 Å². The van der Waals surface area contributed by atoms with Crippen LogP contribution in [0.2, 0.25) is 0 Å². The van der Waals surface area contributed by atoms with Gasteiger partial charge < -0.3 is 19.0 Å². The van der Waals surface area contributed by atoms with Gasteiger partial charge in [-0.15, -0.1) is 0 Å². The number of fused-ring (bicyclic) bond motifs is 1. The highest BCUT2D eigenvalue weighted by molar-refractivity contribution is 7.92. The molecule has 4 rings (SSSR count). The molecule has 0 saturated carbocycles. The van der Waals surface area contributed by atoms with Gasteiger partial charge in [-0.1, -0.05) is 17.4 Å². The van der Waals surface area contributed by atoms with Crippen molar-refractivity contribution >= 4 is 32.1 Å². The highest BCUT2D eigenvalue weighted by Gasteiger charge is 2.24. The number of sulfone groups is 1. The van der Waals surface area contributed by atoms with Crippen molar-refractivity contribution in [3.63, 3.8) is 0 Å². The fourth-order valence-corrected chi connectivity index (χ4v) is 5.53. The lowest BCUT2D eigenvalue weighted by atomic mass is 10.1. The number of H-pyrrole nitrogens is 1. The first kappa shape index (κ1) is 20.0. The van der Waals surface area contributed by atoms with Crippen molar-refractivity contribution in [2.45, 2.75) is 23.8 Å². The van der Waals surface area contributed by atoms with E-state index in [1.807, 2.05) is 4.98 Å². The summed E-state index contributed by atoms with van der Waals surface area (Å²) in [6, 6.07) is 6.24. The van der Waals surface area contributed by atoms with Crippen molar-refractivity contribution < 1.29 is 27.5 Å². The van der Waals surface area contributed by atoms with Gasteiger partial charge in [0.25, 0.3) is 0 Å². The van der Waals surface area contributed by atoms with Crippen LogP contribution in [0.5, 0.6) is 11.6 Å². The van der Waals surface area contributed by atoms with E-state index in [4.69, 9.17) is 8.83 Å². The Morgan fingerprint density at radius 3 is 2.47 bits per heavy atom. The number of aromatic nitrogens is 1. The Balaban J connectivity index is 1.74. The summed E-state index contributed by atoms with van der Waals surface area (Å²) in [6.07, 6.45) is 0. The fraction of sp³-hybridized carbons (Fsp3) is 0.158. The van der Waals surface area contributed by atoms with Crippen LogP contribution >= 0.6 is 11.3 Å². The van der Waals surface area contributed by atoms with Crippen LogP contribution in [-0.4, -0.2) is 23.6 Å². The number of thiazole rings is 1. The number of nitrogens with one attached hydrogen (secondary N) is 1. The molecule has 0 bridgehead atoms. The first-order valence-corrected chi connectivity index (χ1v) is 11.0. The number of benzene rings is 1. The average Bonchev–Trinajstić information content (AvgIpc) is 3.25. The Kier molecular flexibility index (Phi) is 4.59. The maximum absolute atomic E-state index is 12.5. The minimum absolute atomic E-state index is 0.0792. The fourth-order valence-electron chi connectivity index (χ4n) is 3.06. The molecule has 30 heavy (non-hydrogen) atoms. The zero-order chi connectivity index (χ0) is 21.8. The second-order valence-electron chi connectivity index (χ2n) is 6.71. The van der Waals surface area contributed by atoms with E-state index in [1.165, 1.54) is 13.0 Å². The molecule has 1 aromatic carbocycles. The van der Waals surface area contributed by atoms with Crippen molar-refractivity contribution in [1.29, 1.82) is 0 Å². The molecule has 3 aromatic heterocycles. The van der Waals surface area contributed by atoms with Gasteiger partial charge in [-0.05, 0) is 37.6 Å². The SMILES string of the molecule is Cc1c(-c2cc3cc(CS(=O)(=O)c4sc(=O)[nH]c4O)ccc3o2)oc(=O)c(C)c1O. The maximum Gasteiger partial charge on any atom is 0.343 e. The van der Waals surface area contributed by atoms with Gasteiger partial charge in [0, 0.05) is 10.9 Å². The van der Waals surface area contributed by atoms with E-state index in [0.717, 1.165) is 0 Å². The van der Waals surface area contributed by atoms with Crippen molar-refractivity contribution in [1.82, 2.24) is 4.98 Å². The Morgan fingerprint density at radius 2 is 1.80 bits per heavy atom. The largest absolute Gasteiger partial charge is 0.507 e. The minimum atomic E-state index is -3.95. The Labute approximate surface area is 172 Å². The molecule has 0 spiro atoms. The second kappa shape index (κ2) is 6.89. The molecule has 9 nitrogen and oxygen atoms in total. The third-order valence-electron chi connectivity index (χ3n) is 4.59. The van der Waals surface area contributed by atoms with Crippen LogP contribution in [0.25, 0.3) is 22.5 Å². The number of hydrogen-bond donors (Lipinski definition) is 3. The van der Waals surface area contributed by atoms with Crippen LogP contribution in [0.1, 0.15) is 16.7 Å². The summed E-state index contributed by atoms with van der Waals surface area (Å²) in [5.74, 6) is -1.02. The van der Waals surface area contributed by atoms with E-state index >= 15 is 0 Å². The summed E-state index contributed by atoms with van der Waals surface area (Å²) >= 11 is 0.418. The summed E-state index contributed by atoms with van der Waals surface area (Å²) < 4.78 is 35.6. The molecule has 0 radical (unpaired) electrons. The van der Waals surface area contributed by atoms with Crippen molar-refractivity contribution in [2.24, 2.45) is 0 Å². The minimum Gasteiger partial charge on any atom is -0.507 e. The topological polar surface area (TPSA) is 151 Å². The van der Waals surface area contributed by atoms with E-state index in [9.17, 15) is 28.2 Å². The Hall–Kier alpha value is -3.31. The van der Waals surface area contributed by atoms with Gasteiger partial charge >= 0.3 is 10.5 Å². The lowest BCUT2D eigenvalue weighted by Crippen LogP contribution is -2.05. The van der Waals surface area contributed by atoms with E-state index in [-0.39, 0.29) is 22.8 Å². The van der Waals surface area contributed by atoms with Gasteiger partial charge in [0.05, 0.1) is 11.3 Å². The molecular formula is C19H15NO8S2. The van der Waals surface area contributed by atoms with Crippen LogP contribution in [0, 0.1) is 13.8 Å². The van der Waals surface area contributed by atoms with Gasteiger partial charge in [-0.25, -0.2) is 13.2 Å². The van der Waals surface area contributed by atoms with Crippen LogP contribution in [-0.2, 0) is 15.6 Å². The number of aromatic amines is 1. The Bertz CT molecular complexity index is 1520. The standard InChI is InChI=1S/C19H15NO8S2/c1-8-14(21)9(2)17(23)28-15(8)13-6-11-5-10(3-4-12(11)27-13)7-30(25,26)18-16(22)20-19(24)29-18/h3-6,21-22H,7H2,1-2H3,(H,20,24). The third kappa shape index (κ3) is 3.31. The summed E-state index contributed by atoms with van der Waals surface area (Å²) in [7, 11) is -3.95. The molecule has 0 amide bonds. The lowest BCUT2D eigenvalue weighted by molar-refractivity contribution is 0.433. The van der Waals surface area contributed by atoms with Crippen LogP contribution in [0.15, 0.2) is 46.9 Å². The van der Waals surface area contributed by atoms with Crippen molar-refractivity contribution in [3.05, 3.63) is 61.0 Å². The molecular weight excluding hydrogens is 434 g/mol. The predicted octanol–water partition coefficient (Wildman–Crippen LogP) is 2.80. The summed E-state index contributed by atoms with van der Waals surface area (Å²) in [6.45, 7) is 3.03. The van der Waals surface area contributed by atoms with Gasteiger partial charge in [0.2, 0.25) is 5.88 Å². The second-order valence-corrected chi connectivity index (χ2v) is 9.88.